The molecule has 1 saturated heterocycles. The highest BCUT2D eigenvalue weighted by Gasteiger charge is 2.52. The summed E-state index contributed by atoms with van der Waals surface area (Å²) in [5, 5.41) is 0. The lowest BCUT2D eigenvalue weighted by Crippen LogP contribution is -2.15. The number of hydrogen-bond acceptors (Lipinski definition) is 3. The molecule has 0 aliphatic carbocycles. The van der Waals surface area contributed by atoms with Crippen molar-refractivity contribution >= 4 is 9.84 Å². The topological polar surface area (TPSA) is 37.1 Å². The molecule has 0 N–H and O–H groups in total. The summed E-state index contributed by atoms with van der Waals surface area (Å²) < 4.78 is 37.3. The molecule has 4 rings (SSSR count). The first-order valence-corrected chi connectivity index (χ1v) is 11.1. The fraction of sp³-hybridized carbons (Fsp3) is 0.217. The molecule has 1 fully saturated rings. The van der Waals surface area contributed by atoms with Gasteiger partial charge in [-0.05, 0) is 28.8 Å². The van der Waals surface area contributed by atoms with Crippen molar-refractivity contribution in [2.75, 3.05) is 12.9 Å². The zero-order chi connectivity index (χ0) is 19.7. The second-order valence-electron chi connectivity index (χ2n) is 7.18. The first kappa shape index (κ1) is 18.8. The molecule has 3 aromatic carbocycles. The molecule has 0 saturated carbocycles. The van der Waals surface area contributed by atoms with Crippen LogP contribution in [0.25, 0.3) is 0 Å². The Labute approximate surface area is 165 Å². The Hall–Kier alpha value is -2.50. The lowest BCUT2D eigenvalue weighted by atomic mass is 9.98. The highest BCUT2D eigenvalue weighted by atomic mass is 32.2. The number of rotatable bonds is 6. The third kappa shape index (κ3) is 3.60. The predicted octanol–water partition coefficient (Wildman–Crippen LogP) is 4.57. The van der Waals surface area contributed by atoms with Crippen molar-refractivity contribution in [2.45, 2.75) is 23.0 Å². The highest BCUT2D eigenvalue weighted by Crippen LogP contribution is 2.51. The second kappa shape index (κ2) is 7.49. The Morgan fingerprint density at radius 3 is 1.79 bits per heavy atom. The van der Waals surface area contributed by atoms with Gasteiger partial charge in [0, 0.05) is 6.26 Å². The van der Waals surface area contributed by atoms with Gasteiger partial charge >= 0.3 is 0 Å². The molecule has 0 bridgehead atoms. The SMILES string of the molecule is CS(=O)(=O)c1ccc([C@H]2[C@@H](CF)N2C(c2ccccc2)c2ccccc2)cc1. The van der Waals surface area contributed by atoms with Crippen molar-refractivity contribution < 1.29 is 12.8 Å². The molecule has 3 aromatic rings. The van der Waals surface area contributed by atoms with Gasteiger partial charge in [-0.3, -0.25) is 4.90 Å². The summed E-state index contributed by atoms with van der Waals surface area (Å²) in [5.41, 5.74) is 3.16. The van der Waals surface area contributed by atoms with Crippen LogP contribution >= 0.6 is 0 Å². The average molecular weight is 395 g/mol. The van der Waals surface area contributed by atoms with Gasteiger partial charge in [0.05, 0.1) is 23.0 Å². The van der Waals surface area contributed by atoms with Crippen molar-refractivity contribution in [3.8, 4) is 0 Å². The number of nitrogens with zero attached hydrogens (tertiary/aromatic N) is 1. The van der Waals surface area contributed by atoms with E-state index < -0.39 is 16.5 Å². The summed E-state index contributed by atoms with van der Waals surface area (Å²) in [4.78, 5) is 2.45. The van der Waals surface area contributed by atoms with Crippen molar-refractivity contribution in [1.29, 1.82) is 0 Å². The average Bonchev–Trinajstić information content (AvgIpc) is 3.43. The number of halogens is 1. The normalized spacial score (nSPS) is 21.6. The number of benzene rings is 3. The van der Waals surface area contributed by atoms with Crippen molar-refractivity contribution in [2.24, 2.45) is 0 Å². The third-order valence-electron chi connectivity index (χ3n) is 5.32. The molecular weight excluding hydrogens is 373 g/mol. The molecule has 3 nitrogen and oxygen atoms in total. The lowest BCUT2D eigenvalue weighted by molar-refractivity contribution is 0.368. The zero-order valence-corrected chi connectivity index (χ0v) is 16.4. The Morgan fingerprint density at radius 2 is 1.36 bits per heavy atom. The van der Waals surface area contributed by atoms with Gasteiger partial charge in [0.1, 0.15) is 6.67 Å². The van der Waals surface area contributed by atoms with Crippen LogP contribution in [0.15, 0.2) is 89.8 Å². The van der Waals surface area contributed by atoms with E-state index in [2.05, 4.69) is 29.2 Å². The molecule has 1 aliphatic heterocycles. The van der Waals surface area contributed by atoms with E-state index in [0.29, 0.717) is 0 Å². The maximum Gasteiger partial charge on any atom is 0.175 e. The first-order valence-electron chi connectivity index (χ1n) is 9.24. The van der Waals surface area contributed by atoms with Crippen LogP contribution in [0, 0.1) is 0 Å². The highest BCUT2D eigenvalue weighted by molar-refractivity contribution is 7.90. The second-order valence-corrected chi connectivity index (χ2v) is 9.19. The van der Waals surface area contributed by atoms with Gasteiger partial charge < -0.3 is 0 Å². The smallest absolute Gasteiger partial charge is 0.175 e. The van der Waals surface area contributed by atoms with E-state index in [1.807, 2.05) is 36.4 Å². The van der Waals surface area contributed by atoms with E-state index in [1.165, 1.54) is 6.26 Å². The molecule has 0 aromatic heterocycles. The fourth-order valence-electron chi connectivity index (χ4n) is 3.93. The largest absolute Gasteiger partial charge is 0.276 e. The maximum atomic E-state index is 13.9. The standard InChI is InChI=1S/C23H22FNO2S/c1-28(26,27)20-14-12-19(13-15-20)23-21(16-24)25(23)22(17-8-4-2-5-9-17)18-10-6-3-7-11-18/h2-15,21-23H,16H2,1H3/t21-,23+,25?/m1/s1. The van der Waals surface area contributed by atoms with Crippen LogP contribution < -0.4 is 0 Å². The molecule has 1 aliphatic rings. The predicted molar refractivity (Wildman–Crippen MR) is 109 cm³/mol. The molecule has 0 amide bonds. The molecule has 0 radical (unpaired) electrons. The number of sulfone groups is 1. The van der Waals surface area contributed by atoms with Crippen LogP contribution in [0.4, 0.5) is 4.39 Å². The van der Waals surface area contributed by atoms with E-state index in [4.69, 9.17) is 0 Å². The van der Waals surface area contributed by atoms with Crippen LogP contribution in [0.5, 0.6) is 0 Å². The summed E-state index contributed by atoms with van der Waals surface area (Å²) in [5.74, 6) is 0. The van der Waals surface area contributed by atoms with Gasteiger partial charge in [0.15, 0.2) is 9.84 Å². The minimum Gasteiger partial charge on any atom is -0.276 e. The monoisotopic (exact) mass is 395 g/mol. The van der Waals surface area contributed by atoms with Gasteiger partial charge in [-0.25, -0.2) is 12.8 Å². The third-order valence-corrected chi connectivity index (χ3v) is 6.44. The first-order chi connectivity index (χ1) is 13.5. The molecule has 1 unspecified atom stereocenters. The molecule has 3 atom stereocenters. The van der Waals surface area contributed by atoms with E-state index in [0.717, 1.165) is 16.7 Å². The van der Waals surface area contributed by atoms with Crippen LogP contribution in [-0.4, -0.2) is 32.3 Å². The minimum absolute atomic E-state index is 0.0530. The number of alkyl halides is 1. The van der Waals surface area contributed by atoms with Crippen molar-refractivity contribution in [3.05, 3.63) is 102 Å². The summed E-state index contributed by atoms with van der Waals surface area (Å²) in [6.07, 6.45) is 1.19. The molecule has 5 heteroatoms. The number of hydrogen-bond donors (Lipinski definition) is 0. The van der Waals surface area contributed by atoms with Crippen molar-refractivity contribution in [3.63, 3.8) is 0 Å². The van der Waals surface area contributed by atoms with E-state index in [9.17, 15) is 12.8 Å². The maximum absolute atomic E-state index is 13.9. The summed E-state index contributed by atoms with van der Waals surface area (Å²) in [6.45, 7) is -0.450. The summed E-state index contributed by atoms with van der Waals surface area (Å²) in [7, 11) is -3.25. The molecule has 28 heavy (non-hydrogen) atoms. The Kier molecular flexibility index (Phi) is 5.04. The summed E-state index contributed by atoms with van der Waals surface area (Å²) >= 11 is 0. The minimum atomic E-state index is -3.25. The van der Waals surface area contributed by atoms with Gasteiger partial charge in [-0.1, -0.05) is 72.8 Å². The molecular formula is C23H22FNO2S. The van der Waals surface area contributed by atoms with Crippen molar-refractivity contribution in [1.82, 2.24) is 4.90 Å². The molecule has 1 heterocycles. The molecule has 0 spiro atoms. The Balaban J connectivity index is 1.71. The van der Waals surface area contributed by atoms with Crippen LogP contribution in [0.3, 0.4) is 0 Å². The fourth-order valence-corrected chi connectivity index (χ4v) is 4.56. The lowest BCUT2D eigenvalue weighted by Gasteiger charge is -2.21. The van der Waals surface area contributed by atoms with E-state index in [-0.39, 0.29) is 23.0 Å². The van der Waals surface area contributed by atoms with E-state index >= 15 is 0 Å². The van der Waals surface area contributed by atoms with Crippen LogP contribution in [-0.2, 0) is 9.84 Å². The Morgan fingerprint density at radius 1 is 0.857 bits per heavy atom. The Bertz CT molecular complexity index is 997. The quantitative estimate of drug-likeness (QED) is 0.574. The van der Waals surface area contributed by atoms with Crippen LogP contribution in [0.2, 0.25) is 0 Å². The molecule has 144 valence electrons. The van der Waals surface area contributed by atoms with Gasteiger partial charge in [-0.15, -0.1) is 0 Å². The van der Waals surface area contributed by atoms with Gasteiger partial charge in [-0.2, -0.15) is 0 Å². The van der Waals surface area contributed by atoms with Crippen LogP contribution in [0.1, 0.15) is 28.8 Å². The zero-order valence-electron chi connectivity index (χ0n) is 15.6. The van der Waals surface area contributed by atoms with E-state index in [1.54, 1.807) is 24.3 Å². The summed E-state index contributed by atoms with van der Waals surface area (Å²) in [6, 6.07) is 26.6. The van der Waals surface area contributed by atoms with Gasteiger partial charge in [0.2, 0.25) is 0 Å². The van der Waals surface area contributed by atoms with Gasteiger partial charge in [0.25, 0.3) is 0 Å².